The van der Waals surface area contributed by atoms with Gasteiger partial charge in [0.25, 0.3) is 0 Å². The molecule has 0 aliphatic heterocycles. The highest BCUT2D eigenvalue weighted by atomic mass is 16.4. The van der Waals surface area contributed by atoms with Crippen LogP contribution in [-0.2, 0) is 0 Å². The van der Waals surface area contributed by atoms with Crippen LogP contribution in [0.15, 0.2) is 5.16 Å². The Labute approximate surface area is 122 Å². The van der Waals surface area contributed by atoms with E-state index in [0.717, 1.165) is 44.8 Å². The van der Waals surface area contributed by atoms with Crippen molar-refractivity contribution < 1.29 is 10.3 Å². The molecule has 0 radical (unpaired) electrons. The first kappa shape index (κ1) is 17.2. The lowest BCUT2D eigenvalue weighted by Gasteiger charge is -2.37. The van der Waals surface area contributed by atoms with Crippen molar-refractivity contribution in [2.45, 2.75) is 64.8 Å². The molecule has 5 nitrogen and oxygen atoms in total. The van der Waals surface area contributed by atoms with Crippen molar-refractivity contribution in [1.29, 1.82) is 0 Å². The predicted octanol–water partition coefficient (Wildman–Crippen LogP) is 2.17. The molecule has 118 valence electrons. The summed E-state index contributed by atoms with van der Waals surface area (Å²) in [6.07, 6.45) is 7.96. The van der Waals surface area contributed by atoms with Crippen molar-refractivity contribution in [3.63, 3.8) is 0 Å². The molecule has 20 heavy (non-hydrogen) atoms. The van der Waals surface area contributed by atoms with Crippen molar-refractivity contribution in [2.75, 3.05) is 19.7 Å². The lowest BCUT2D eigenvalue weighted by molar-refractivity contribution is 0.113. The second kappa shape index (κ2) is 8.47. The SMILES string of the molecule is CC(C)(CCCCN(CCCO)C1CCC1)C(N)=NO. The topological polar surface area (TPSA) is 82.1 Å². The van der Waals surface area contributed by atoms with E-state index in [1.807, 2.05) is 13.8 Å². The number of nitrogens with two attached hydrogens (primary N) is 1. The van der Waals surface area contributed by atoms with Crippen molar-refractivity contribution in [2.24, 2.45) is 16.3 Å². The summed E-state index contributed by atoms with van der Waals surface area (Å²) in [6.45, 7) is 6.40. The van der Waals surface area contributed by atoms with Gasteiger partial charge in [0.2, 0.25) is 0 Å². The van der Waals surface area contributed by atoms with Crippen molar-refractivity contribution in [1.82, 2.24) is 4.90 Å². The molecular weight excluding hydrogens is 254 g/mol. The van der Waals surface area contributed by atoms with E-state index in [1.54, 1.807) is 0 Å². The number of hydrogen-bond donors (Lipinski definition) is 3. The van der Waals surface area contributed by atoms with Gasteiger partial charge in [-0.2, -0.15) is 0 Å². The molecule has 0 spiro atoms. The molecule has 1 rings (SSSR count). The molecule has 0 aromatic heterocycles. The Morgan fingerprint density at radius 3 is 2.40 bits per heavy atom. The van der Waals surface area contributed by atoms with Gasteiger partial charge in [-0.25, -0.2) is 0 Å². The lowest BCUT2D eigenvalue weighted by Crippen LogP contribution is -2.41. The highest BCUT2D eigenvalue weighted by molar-refractivity contribution is 5.85. The van der Waals surface area contributed by atoms with E-state index in [1.165, 1.54) is 19.3 Å². The van der Waals surface area contributed by atoms with Gasteiger partial charge in [0.15, 0.2) is 0 Å². The van der Waals surface area contributed by atoms with E-state index in [9.17, 15) is 0 Å². The van der Waals surface area contributed by atoms with Gasteiger partial charge >= 0.3 is 0 Å². The Morgan fingerprint density at radius 1 is 1.25 bits per heavy atom. The summed E-state index contributed by atoms with van der Waals surface area (Å²) in [7, 11) is 0. The first-order valence-corrected chi connectivity index (χ1v) is 7.84. The summed E-state index contributed by atoms with van der Waals surface area (Å²) in [5, 5.41) is 20.9. The quantitative estimate of drug-likeness (QED) is 0.189. The second-order valence-corrected chi connectivity index (χ2v) is 6.52. The standard InChI is InChI=1S/C15H31N3O2/c1-15(2,14(16)17-20)9-3-4-10-18(11-6-12-19)13-7-5-8-13/h13,19-20H,3-12H2,1-2H3,(H2,16,17). The largest absolute Gasteiger partial charge is 0.409 e. The Balaban J connectivity index is 2.26. The van der Waals surface area contributed by atoms with Crippen LogP contribution in [-0.4, -0.2) is 46.8 Å². The van der Waals surface area contributed by atoms with Crippen molar-refractivity contribution in [3.05, 3.63) is 0 Å². The monoisotopic (exact) mass is 285 g/mol. The number of hydrogen-bond acceptors (Lipinski definition) is 4. The van der Waals surface area contributed by atoms with E-state index in [4.69, 9.17) is 16.0 Å². The fraction of sp³-hybridized carbons (Fsp3) is 0.933. The van der Waals surface area contributed by atoms with Gasteiger partial charge in [-0.1, -0.05) is 31.8 Å². The van der Waals surface area contributed by atoms with Crippen LogP contribution in [0.5, 0.6) is 0 Å². The summed E-state index contributed by atoms with van der Waals surface area (Å²) in [5.74, 6) is 0.314. The van der Waals surface area contributed by atoms with Crippen LogP contribution in [0.4, 0.5) is 0 Å². The van der Waals surface area contributed by atoms with E-state index < -0.39 is 0 Å². The summed E-state index contributed by atoms with van der Waals surface area (Å²) < 4.78 is 0. The second-order valence-electron chi connectivity index (χ2n) is 6.52. The molecule has 5 heteroatoms. The fourth-order valence-electron chi connectivity index (χ4n) is 2.65. The van der Waals surface area contributed by atoms with Gasteiger partial charge in [-0.3, -0.25) is 0 Å². The van der Waals surface area contributed by atoms with Gasteiger partial charge in [-0.15, -0.1) is 0 Å². The minimum atomic E-state index is -0.235. The fourth-order valence-corrected chi connectivity index (χ4v) is 2.65. The minimum absolute atomic E-state index is 0.235. The predicted molar refractivity (Wildman–Crippen MR) is 82.0 cm³/mol. The van der Waals surface area contributed by atoms with Gasteiger partial charge in [0.1, 0.15) is 5.84 Å². The molecule has 0 aromatic rings. The van der Waals surface area contributed by atoms with Crippen LogP contribution in [0.1, 0.15) is 58.8 Å². The third kappa shape index (κ3) is 5.29. The van der Waals surface area contributed by atoms with Crippen molar-refractivity contribution >= 4 is 5.84 Å². The molecule has 0 unspecified atom stereocenters. The molecule has 0 amide bonds. The van der Waals surface area contributed by atoms with Crippen LogP contribution in [0.25, 0.3) is 0 Å². The molecule has 0 bridgehead atoms. The Kier molecular flexibility index (Phi) is 7.30. The number of aliphatic hydroxyl groups is 1. The van der Waals surface area contributed by atoms with Gasteiger partial charge in [0, 0.05) is 24.6 Å². The normalized spacial score (nSPS) is 17.5. The van der Waals surface area contributed by atoms with E-state index in [0.29, 0.717) is 5.84 Å². The maximum atomic E-state index is 8.98. The molecular formula is C15H31N3O2. The molecule has 0 atom stereocenters. The summed E-state index contributed by atoms with van der Waals surface area (Å²) in [5.41, 5.74) is 5.46. The first-order valence-electron chi connectivity index (χ1n) is 7.84. The maximum Gasteiger partial charge on any atom is 0.144 e. The van der Waals surface area contributed by atoms with Gasteiger partial charge in [-0.05, 0) is 38.6 Å². The van der Waals surface area contributed by atoms with Crippen molar-refractivity contribution in [3.8, 4) is 0 Å². The molecule has 1 aliphatic carbocycles. The average molecular weight is 285 g/mol. The number of rotatable bonds is 10. The number of oxime groups is 1. The molecule has 1 saturated carbocycles. The minimum Gasteiger partial charge on any atom is -0.409 e. The molecule has 0 saturated heterocycles. The van der Waals surface area contributed by atoms with Gasteiger partial charge in [0.05, 0.1) is 0 Å². The number of amidine groups is 1. The molecule has 1 aliphatic rings. The Morgan fingerprint density at radius 2 is 1.90 bits per heavy atom. The van der Waals surface area contributed by atoms with E-state index in [2.05, 4.69) is 10.1 Å². The third-order valence-corrected chi connectivity index (χ3v) is 4.49. The Bertz CT molecular complexity index is 301. The van der Waals surface area contributed by atoms with E-state index >= 15 is 0 Å². The maximum absolute atomic E-state index is 8.98. The molecule has 1 fully saturated rings. The zero-order valence-corrected chi connectivity index (χ0v) is 13.0. The summed E-state index contributed by atoms with van der Waals surface area (Å²) in [6, 6.07) is 0.735. The Hall–Kier alpha value is -0.810. The van der Waals surface area contributed by atoms with Crippen LogP contribution >= 0.6 is 0 Å². The zero-order chi connectivity index (χ0) is 15.0. The zero-order valence-electron chi connectivity index (χ0n) is 13.0. The van der Waals surface area contributed by atoms with Crippen LogP contribution in [0, 0.1) is 5.41 Å². The van der Waals surface area contributed by atoms with Crippen LogP contribution in [0.2, 0.25) is 0 Å². The number of nitrogens with zero attached hydrogens (tertiary/aromatic N) is 2. The smallest absolute Gasteiger partial charge is 0.144 e. The molecule has 0 heterocycles. The van der Waals surface area contributed by atoms with Crippen LogP contribution in [0.3, 0.4) is 0 Å². The molecule has 4 N–H and O–H groups in total. The first-order chi connectivity index (χ1) is 9.51. The highest BCUT2D eigenvalue weighted by Gasteiger charge is 2.25. The number of unbranched alkanes of at least 4 members (excludes halogenated alkanes) is 1. The lowest BCUT2D eigenvalue weighted by atomic mass is 9.86. The number of aliphatic hydroxyl groups excluding tert-OH is 1. The summed E-state index contributed by atoms with van der Waals surface area (Å²) in [4.78, 5) is 2.52. The van der Waals surface area contributed by atoms with Gasteiger partial charge < -0.3 is 20.9 Å². The third-order valence-electron chi connectivity index (χ3n) is 4.49. The average Bonchev–Trinajstić information content (AvgIpc) is 2.37. The van der Waals surface area contributed by atoms with Crippen LogP contribution < -0.4 is 5.73 Å². The summed E-state index contributed by atoms with van der Waals surface area (Å²) >= 11 is 0. The van der Waals surface area contributed by atoms with E-state index in [-0.39, 0.29) is 12.0 Å². The highest BCUT2D eigenvalue weighted by Crippen LogP contribution is 2.27. The molecule has 0 aromatic carbocycles.